The summed E-state index contributed by atoms with van der Waals surface area (Å²) >= 11 is 3.41. The van der Waals surface area contributed by atoms with Gasteiger partial charge in [0.2, 0.25) is 0 Å². The van der Waals surface area contributed by atoms with E-state index in [1.165, 1.54) is 6.42 Å². The molecule has 0 aliphatic carbocycles. The maximum absolute atomic E-state index is 12.3. The molecule has 1 aliphatic rings. The van der Waals surface area contributed by atoms with Crippen LogP contribution in [0.15, 0.2) is 28.7 Å². The first-order chi connectivity index (χ1) is 8.70. The van der Waals surface area contributed by atoms with Crippen LogP contribution in [0.4, 0.5) is 0 Å². The van der Waals surface area contributed by atoms with Crippen molar-refractivity contribution in [1.82, 2.24) is 9.80 Å². The lowest BCUT2D eigenvalue weighted by Gasteiger charge is -2.34. The molecule has 0 unspecified atom stereocenters. The number of nitrogens with zero attached hydrogens (tertiary/aromatic N) is 2. The minimum Gasteiger partial charge on any atom is -0.336 e. The quantitative estimate of drug-likeness (QED) is 0.857. The maximum atomic E-state index is 12.3. The molecule has 0 bridgehead atoms. The van der Waals surface area contributed by atoms with Crippen molar-refractivity contribution in [2.24, 2.45) is 0 Å². The first-order valence-electron chi connectivity index (χ1n) is 6.48. The van der Waals surface area contributed by atoms with Crippen molar-refractivity contribution in [1.29, 1.82) is 0 Å². The molecular formula is C14H19BrN2O. The van der Waals surface area contributed by atoms with E-state index in [1.54, 1.807) is 0 Å². The smallest absolute Gasteiger partial charge is 0.253 e. The molecule has 1 saturated heterocycles. The van der Waals surface area contributed by atoms with E-state index in [0.717, 1.165) is 42.8 Å². The number of carbonyl (C=O) groups excluding carboxylic acids is 1. The molecule has 0 N–H and O–H groups in total. The second-order valence-electron chi connectivity index (χ2n) is 4.64. The van der Waals surface area contributed by atoms with Gasteiger partial charge in [-0.3, -0.25) is 9.69 Å². The summed E-state index contributed by atoms with van der Waals surface area (Å²) < 4.78 is 0.956. The third kappa shape index (κ3) is 3.33. The van der Waals surface area contributed by atoms with Crippen LogP contribution in [-0.4, -0.2) is 48.4 Å². The van der Waals surface area contributed by atoms with Gasteiger partial charge in [0, 0.05) is 36.2 Å². The summed E-state index contributed by atoms with van der Waals surface area (Å²) in [6.07, 6.45) is 1.18. The Labute approximate surface area is 117 Å². The lowest BCUT2D eigenvalue weighted by molar-refractivity contribution is 0.0637. The molecule has 0 saturated carbocycles. The molecule has 2 rings (SSSR count). The summed E-state index contributed by atoms with van der Waals surface area (Å²) in [6, 6.07) is 7.62. The average Bonchev–Trinajstić information content (AvgIpc) is 2.39. The van der Waals surface area contributed by atoms with Gasteiger partial charge in [0.1, 0.15) is 0 Å². The molecule has 98 valence electrons. The van der Waals surface area contributed by atoms with Crippen LogP contribution in [0.5, 0.6) is 0 Å². The minimum atomic E-state index is 0.146. The molecule has 18 heavy (non-hydrogen) atoms. The molecule has 1 aromatic carbocycles. The van der Waals surface area contributed by atoms with E-state index in [1.807, 2.05) is 29.2 Å². The van der Waals surface area contributed by atoms with E-state index in [0.29, 0.717) is 0 Å². The molecule has 3 nitrogen and oxygen atoms in total. The number of piperazine rings is 1. The molecule has 4 heteroatoms. The predicted octanol–water partition coefficient (Wildman–Crippen LogP) is 2.62. The fraction of sp³-hybridized carbons (Fsp3) is 0.500. The zero-order chi connectivity index (χ0) is 13.0. The van der Waals surface area contributed by atoms with Gasteiger partial charge < -0.3 is 4.90 Å². The summed E-state index contributed by atoms with van der Waals surface area (Å²) in [5, 5.41) is 0. The average molecular weight is 311 g/mol. The van der Waals surface area contributed by atoms with Crippen LogP contribution in [0.1, 0.15) is 23.7 Å². The Bertz CT molecular complexity index is 414. The number of carbonyl (C=O) groups is 1. The zero-order valence-electron chi connectivity index (χ0n) is 10.7. The SMILES string of the molecule is CCCN1CCN(C(=O)c2cccc(Br)c2)CC1. The third-order valence-corrected chi connectivity index (χ3v) is 3.76. The number of hydrogen-bond acceptors (Lipinski definition) is 2. The minimum absolute atomic E-state index is 0.146. The topological polar surface area (TPSA) is 23.6 Å². The van der Waals surface area contributed by atoms with Crippen molar-refractivity contribution in [2.45, 2.75) is 13.3 Å². The van der Waals surface area contributed by atoms with Crippen molar-refractivity contribution in [3.05, 3.63) is 34.3 Å². The Hall–Kier alpha value is -0.870. The molecule has 1 heterocycles. The Kier molecular flexibility index (Phi) is 4.78. The third-order valence-electron chi connectivity index (χ3n) is 3.27. The van der Waals surface area contributed by atoms with Crippen molar-refractivity contribution in [3.63, 3.8) is 0 Å². The van der Waals surface area contributed by atoms with Gasteiger partial charge in [-0.25, -0.2) is 0 Å². The highest BCUT2D eigenvalue weighted by atomic mass is 79.9. The number of halogens is 1. The summed E-state index contributed by atoms with van der Waals surface area (Å²) in [5.41, 5.74) is 0.772. The maximum Gasteiger partial charge on any atom is 0.253 e. The molecule has 1 amide bonds. The van der Waals surface area contributed by atoms with Crippen LogP contribution in [0.3, 0.4) is 0 Å². The standard InChI is InChI=1S/C14H19BrN2O/c1-2-6-16-7-9-17(10-8-16)14(18)12-4-3-5-13(15)11-12/h3-5,11H,2,6-10H2,1H3. The Morgan fingerprint density at radius 3 is 2.61 bits per heavy atom. The predicted molar refractivity (Wildman–Crippen MR) is 76.8 cm³/mol. The van der Waals surface area contributed by atoms with E-state index in [4.69, 9.17) is 0 Å². The zero-order valence-corrected chi connectivity index (χ0v) is 12.3. The molecular weight excluding hydrogens is 292 g/mol. The van der Waals surface area contributed by atoms with E-state index in [2.05, 4.69) is 27.8 Å². The van der Waals surface area contributed by atoms with Crippen LogP contribution in [-0.2, 0) is 0 Å². The van der Waals surface area contributed by atoms with Crippen LogP contribution >= 0.6 is 15.9 Å². The highest BCUT2D eigenvalue weighted by Crippen LogP contribution is 2.14. The van der Waals surface area contributed by atoms with Gasteiger partial charge in [-0.1, -0.05) is 28.9 Å². The van der Waals surface area contributed by atoms with Gasteiger partial charge in [0.25, 0.3) is 5.91 Å². The van der Waals surface area contributed by atoms with Gasteiger partial charge in [-0.2, -0.15) is 0 Å². The Balaban J connectivity index is 1.95. The number of benzene rings is 1. The lowest BCUT2D eigenvalue weighted by atomic mass is 10.2. The van der Waals surface area contributed by atoms with Gasteiger partial charge in [0.15, 0.2) is 0 Å². The molecule has 0 atom stereocenters. The lowest BCUT2D eigenvalue weighted by Crippen LogP contribution is -2.48. The van der Waals surface area contributed by atoms with Gasteiger partial charge >= 0.3 is 0 Å². The molecule has 0 spiro atoms. The second-order valence-corrected chi connectivity index (χ2v) is 5.56. The molecule has 1 aromatic rings. The van der Waals surface area contributed by atoms with Gasteiger partial charge in [0.05, 0.1) is 0 Å². The van der Waals surface area contributed by atoms with E-state index < -0.39 is 0 Å². The molecule has 0 radical (unpaired) electrons. The molecule has 0 aromatic heterocycles. The number of rotatable bonds is 3. The van der Waals surface area contributed by atoms with E-state index in [-0.39, 0.29) is 5.91 Å². The summed E-state index contributed by atoms with van der Waals surface area (Å²) in [7, 11) is 0. The summed E-state index contributed by atoms with van der Waals surface area (Å²) in [5.74, 6) is 0.146. The van der Waals surface area contributed by atoms with Crippen molar-refractivity contribution >= 4 is 21.8 Å². The highest BCUT2D eigenvalue weighted by Gasteiger charge is 2.21. The van der Waals surface area contributed by atoms with Crippen LogP contribution < -0.4 is 0 Å². The summed E-state index contributed by atoms with van der Waals surface area (Å²) in [4.78, 5) is 16.7. The fourth-order valence-corrected chi connectivity index (χ4v) is 2.69. The number of amides is 1. The van der Waals surface area contributed by atoms with Crippen LogP contribution in [0.2, 0.25) is 0 Å². The number of hydrogen-bond donors (Lipinski definition) is 0. The Morgan fingerprint density at radius 1 is 1.28 bits per heavy atom. The first kappa shape index (κ1) is 13.6. The Morgan fingerprint density at radius 2 is 2.00 bits per heavy atom. The van der Waals surface area contributed by atoms with Crippen LogP contribution in [0.25, 0.3) is 0 Å². The normalized spacial score (nSPS) is 16.9. The summed E-state index contributed by atoms with van der Waals surface area (Å²) in [6.45, 7) is 7.00. The fourth-order valence-electron chi connectivity index (χ4n) is 2.29. The van der Waals surface area contributed by atoms with Crippen molar-refractivity contribution < 1.29 is 4.79 Å². The highest BCUT2D eigenvalue weighted by molar-refractivity contribution is 9.10. The largest absolute Gasteiger partial charge is 0.336 e. The second kappa shape index (κ2) is 6.34. The van der Waals surface area contributed by atoms with Gasteiger partial charge in [-0.05, 0) is 31.2 Å². The van der Waals surface area contributed by atoms with Gasteiger partial charge in [-0.15, -0.1) is 0 Å². The van der Waals surface area contributed by atoms with E-state index >= 15 is 0 Å². The van der Waals surface area contributed by atoms with E-state index in [9.17, 15) is 4.79 Å². The van der Waals surface area contributed by atoms with Crippen molar-refractivity contribution in [3.8, 4) is 0 Å². The van der Waals surface area contributed by atoms with Crippen molar-refractivity contribution in [2.75, 3.05) is 32.7 Å². The molecule has 1 fully saturated rings. The van der Waals surface area contributed by atoms with Crippen LogP contribution in [0, 0.1) is 0 Å². The first-order valence-corrected chi connectivity index (χ1v) is 7.27. The monoisotopic (exact) mass is 310 g/mol. The molecule has 1 aliphatic heterocycles.